The first-order chi connectivity index (χ1) is 9.30. The van der Waals surface area contributed by atoms with Crippen LogP contribution >= 0.6 is 0 Å². The van der Waals surface area contributed by atoms with Crippen molar-refractivity contribution < 1.29 is 27.5 Å². The van der Waals surface area contributed by atoms with Crippen molar-refractivity contribution in [1.29, 1.82) is 0 Å². The molecule has 0 heterocycles. The fourth-order valence-electron chi connectivity index (χ4n) is 2.28. The van der Waals surface area contributed by atoms with E-state index in [0.717, 1.165) is 0 Å². The number of nitrogens with two attached hydrogens (primary N) is 1. The zero-order chi connectivity index (χ0) is 15.2. The van der Waals surface area contributed by atoms with Gasteiger partial charge in [0.25, 0.3) is 0 Å². The molecule has 1 fully saturated rings. The Kier molecular flexibility index (Phi) is 6.09. The van der Waals surface area contributed by atoms with E-state index in [4.69, 9.17) is 10.5 Å². The van der Waals surface area contributed by atoms with Gasteiger partial charge in [0.1, 0.15) is 0 Å². The highest BCUT2D eigenvalue weighted by Crippen LogP contribution is 2.40. The molecule has 0 aliphatic heterocycles. The second kappa shape index (κ2) is 7.35. The smallest absolute Gasteiger partial charge is 0.391 e. The van der Waals surface area contributed by atoms with Crippen LogP contribution in [0.25, 0.3) is 0 Å². The molecule has 2 amide bonds. The first-order valence-electron chi connectivity index (χ1n) is 6.57. The lowest BCUT2D eigenvalue weighted by Crippen LogP contribution is -2.33. The van der Waals surface area contributed by atoms with Gasteiger partial charge in [0.15, 0.2) is 0 Å². The summed E-state index contributed by atoms with van der Waals surface area (Å²) in [5.41, 5.74) is 4.84. The van der Waals surface area contributed by atoms with Crippen LogP contribution in [0, 0.1) is 11.8 Å². The Hall–Kier alpha value is -1.47. The molecule has 0 unspecified atom stereocenters. The molecule has 0 bridgehead atoms. The summed E-state index contributed by atoms with van der Waals surface area (Å²) < 4.78 is 42.7. The van der Waals surface area contributed by atoms with Gasteiger partial charge in [-0.25, -0.2) is 4.79 Å². The summed E-state index contributed by atoms with van der Waals surface area (Å²) >= 11 is 0. The Bertz CT molecular complexity index is 347. The summed E-state index contributed by atoms with van der Waals surface area (Å²) in [5, 5.41) is 2.32. The fraction of sp³-hybridized carbons (Fsp3) is 0.833. The molecule has 8 heteroatoms. The van der Waals surface area contributed by atoms with Crippen LogP contribution in [0.3, 0.4) is 0 Å². The van der Waals surface area contributed by atoms with Gasteiger partial charge in [-0.1, -0.05) is 6.42 Å². The van der Waals surface area contributed by atoms with Crippen molar-refractivity contribution in [2.45, 2.75) is 38.3 Å². The molecule has 1 saturated carbocycles. The minimum Gasteiger partial charge on any atom is -0.465 e. The molecule has 20 heavy (non-hydrogen) atoms. The monoisotopic (exact) mass is 296 g/mol. The van der Waals surface area contributed by atoms with Gasteiger partial charge in [-0.3, -0.25) is 4.79 Å². The summed E-state index contributed by atoms with van der Waals surface area (Å²) in [7, 11) is 0. The van der Waals surface area contributed by atoms with Crippen molar-refractivity contribution in [1.82, 2.24) is 5.32 Å². The quantitative estimate of drug-likeness (QED) is 0.601. The van der Waals surface area contributed by atoms with E-state index in [0.29, 0.717) is 19.3 Å². The van der Waals surface area contributed by atoms with Crippen LogP contribution in [0.2, 0.25) is 0 Å². The van der Waals surface area contributed by atoms with Gasteiger partial charge in [0.05, 0.1) is 18.4 Å². The minimum atomic E-state index is -4.25. The molecular formula is C12H19F3N2O3. The Morgan fingerprint density at radius 3 is 2.60 bits per heavy atom. The van der Waals surface area contributed by atoms with E-state index in [-0.39, 0.29) is 26.0 Å². The molecule has 3 N–H and O–H groups in total. The van der Waals surface area contributed by atoms with E-state index in [1.807, 2.05) is 0 Å². The number of ether oxygens (including phenoxy) is 1. The number of amides is 2. The number of hydrogen-bond donors (Lipinski definition) is 2. The Morgan fingerprint density at radius 1 is 1.30 bits per heavy atom. The average molecular weight is 296 g/mol. The lowest BCUT2D eigenvalue weighted by atomic mass is 9.81. The molecule has 116 valence electrons. The highest BCUT2D eigenvalue weighted by atomic mass is 19.4. The van der Waals surface area contributed by atoms with Gasteiger partial charge < -0.3 is 15.8 Å². The molecule has 0 aromatic rings. The lowest BCUT2D eigenvalue weighted by molar-refractivity contribution is -0.189. The number of carbonyl (C=O) groups excluding carboxylic acids is 2. The van der Waals surface area contributed by atoms with Gasteiger partial charge in [-0.2, -0.15) is 13.2 Å². The summed E-state index contributed by atoms with van der Waals surface area (Å²) in [6, 6.07) is -0.670. The largest absolute Gasteiger partial charge is 0.465 e. The predicted molar refractivity (Wildman–Crippen MR) is 64.7 cm³/mol. The van der Waals surface area contributed by atoms with Gasteiger partial charge in [0.2, 0.25) is 0 Å². The number of rotatable bonds is 5. The van der Waals surface area contributed by atoms with Gasteiger partial charge in [-0.15, -0.1) is 0 Å². The maximum absolute atomic E-state index is 12.6. The Morgan fingerprint density at radius 2 is 2.00 bits per heavy atom. The zero-order valence-electron chi connectivity index (χ0n) is 11.0. The van der Waals surface area contributed by atoms with Gasteiger partial charge in [-0.05, 0) is 25.7 Å². The maximum Gasteiger partial charge on any atom is 0.391 e. The highest BCUT2D eigenvalue weighted by Gasteiger charge is 2.43. The number of alkyl halides is 3. The zero-order valence-corrected chi connectivity index (χ0v) is 11.0. The second-order valence-electron chi connectivity index (χ2n) is 4.91. The van der Waals surface area contributed by atoms with Gasteiger partial charge in [0, 0.05) is 6.54 Å². The second-order valence-corrected chi connectivity index (χ2v) is 4.91. The first kappa shape index (κ1) is 16.6. The van der Waals surface area contributed by atoms with Crippen molar-refractivity contribution in [2.75, 3.05) is 13.2 Å². The third-order valence-electron chi connectivity index (χ3n) is 3.34. The normalized spacial score (nSPS) is 23.1. The lowest BCUT2D eigenvalue weighted by Gasteiger charge is -2.29. The molecular weight excluding hydrogens is 277 g/mol. The molecule has 0 aromatic carbocycles. The van der Waals surface area contributed by atoms with E-state index in [1.54, 1.807) is 0 Å². The minimum absolute atomic E-state index is 0.0618. The standard InChI is InChI=1S/C12H19F3N2O3/c13-12(14,15)9-4-1-3-8(7-9)10(18)20-6-2-5-17-11(16)19/h8-9H,1-7H2,(H3,16,17,19)/t8-,9+/m0/s1. The number of esters is 1. The van der Waals surface area contributed by atoms with Gasteiger partial charge >= 0.3 is 18.2 Å². The number of hydrogen-bond acceptors (Lipinski definition) is 3. The van der Waals surface area contributed by atoms with Crippen molar-refractivity contribution in [3.63, 3.8) is 0 Å². The number of carbonyl (C=O) groups is 2. The third-order valence-corrected chi connectivity index (χ3v) is 3.34. The summed E-state index contributed by atoms with van der Waals surface area (Å²) in [5.74, 6) is -2.68. The van der Waals surface area contributed by atoms with E-state index >= 15 is 0 Å². The molecule has 2 atom stereocenters. The fourth-order valence-corrected chi connectivity index (χ4v) is 2.28. The van der Waals surface area contributed by atoms with Crippen LogP contribution < -0.4 is 11.1 Å². The SMILES string of the molecule is NC(=O)NCCCOC(=O)[C@H]1CCC[C@@H](C(F)(F)F)C1. The molecule has 5 nitrogen and oxygen atoms in total. The molecule has 0 aromatic heterocycles. The van der Waals surface area contributed by atoms with Crippen LogP contribution in [0.5, 0.6) is 0 Å². The number of halogens is 3. The third kappa shape index (κ3) is 5.66. The summed E-state index contributed by atoms with van der Waals surface area (Å²) in [6.45, 7) is 0.324. The molecule has 1 rings (SSSR count). The van der Waals surface area contributed by atoms with Crippen LogP contribution in [0.4, 0.5) is 18.0 Å². The molecule has 0 radical (unpaired) electrons. The number of urea groups is 1. The van der Waals surface area contributed by atoms with Crippen molar-refractivity contribution in [3.05, 3.63) is 0 Å². The van der Waals surface area contributed by atoms with E-state index in [9.17, 15) is 22.8 Å². The van der Waals surface area contributed by atoms with E-state index in [2.05, 4.69) is 5.32 Å². The Balaban J connectivity index is 2.27. The maximum atomic E-state index is 12.6. The molecule has 0 saturated heterocycles. The number of nitrogens with one attached hydrogen (secondary N) is 1. The van der Waals surface area contributed by atoms with Crippen LogP contribution in [-0.4, -0.2) is 31.3 Å². The predicted octanol–water partition coefficient (Wildman–Crippen LogP) is 1.96. The summed E-state index contributed by atoms with van der Waals surface area (Å²) in [4.78, 5) is 22.0. The van der Waals surface area contributed by atoms with E-state index < -0.39 is 30.0 Å². The Labute approximate surface area is 115 Å². The molecule has 1 aliphatic rings. The van der Waals surface area contributed by atoms with Crippen LogP contribution in [0.1, 0.15) is 32.1 Å². The van der Waals surface area contributed by atoms with Crippen molar-refractivity contribution in [2.24, 2.45) is 17.6 Å². The summed E-state index contributed by atoms with van der Waals surface area (Å²) in [6.07, 6.45) is -3.16. The highest BCUT2D eigenvalue weighted by molar-refractivity contribution is 5.72. The van der Waals surface area contributed by atoms with Crippen molar-refractivity contribution in [3.8, 4) is 0 Å². The van der Waals surface area contributed by atoms with Crippen molar-refractivity contribution >= 4 is 12.0 Å². The van der Waals surface area contributed by atoms with Crippen LogP contribution in [-0.2, 0) is 9.53 Å². The first-order valence-corrected chi connectivity index (χ1v) is 6.57. The van der Waals surface area contributed by atoms with Crippen LogP contribution in [0.15, 0.2) is 0 Å². The number of primary amides is 1. The average Bonchev–Trinajstić information content (AvgIpc) is 2.37. The topological polar surface area (TPSA) is 81.4 Å². The molecule has 0 spiro atoms. The van der Waals surface area contributed by atoms with E-state index in [1.165, 1.54) is 0 Å². The molecule has 1 aliphatic carbocycles.